The second-order valence-corrected chi connectivity index (χ2v) is 16.5. The van der Waals surface area contributed by atoms with Crippen LogP contribution >= 0.6 is 0 Å². The van der Waals surface area contributed by atoms with E-state index in [4.69, 9.17) is 9.47 Å². The van der Waals surface area contributed by atoms with Gasteiger partial charge >= 0.3 is 6.03 Å². The minimum Gasteiger partial charge on any atom is -0.386 e. The molecule has 1 aliphatic heterocycles. The Bertz CT molecular complexity index is 1420. The van der Waals surface area contributed by atoms with Gasteiger partial charge in [-0.1, -0.05) is 85.2 Å². The van der Waals surface area contributed by atoms with Gasteiger partial charge in [-0.3, -0.25) is 29.0 Å². The first-order valence-corrected chi connectivity index (χ1v) is 20.1. The van der Waals surface area contributed by atoms with Crippen molar-refractivity contribution in [3.8, 4) is 0 Å². The molecule has 0 aromatic heterocycles. The van der Waals surface area contributed by atoms with Gasteiger partial charge in [0.25, 0.3) is 5.91 Å². The van der Waals surface area contributed by atoms with Crippen LogP contribution in [0.4, 0.5) is 4.79 Å². The van der Waals surface area contributed by atoms with Crippen molar-refractivity contribution in [3.63, 3.8) is 0 Å². The molecule has 0 saturated carbocycles. The molecule has 1 aliphatic rings. The fraction of sp³-hybridized carbons (Fsp3) is 0.738. The Balaban J connectivity index is 2.25. The number of hydrogen-bond donors (Lipinski definition) is 3. The van der Waals surface area contributed by atoms with Crippen molar-refractivity contribution in [1.82, 2.24) is 30.2 Å². The Labute approximate surface area is 336 Å². The first kappa shape index (κ1) is 48.6. The summed E-state index contributed by atoms with van der Waals surface area (Å²) in [6.45, 7) is 15.5. The highest BCUT2D eigenvalue weighted by atomic mass is 16.5. The number of urea groups is 1. The summed E-state index contributed by atoms with van der Waals surface area (Å²) in [7, 11) is 9.70. The van der Waals surface area contributed by atoms with Crippen molar-refractivity contribution in [2.75, 3.05) is 49.0 Å². The van der Waals surface area contributed by atoms with E-state index in [2.05, 4.69) is 10.6 Å². The Kier molecular flexibility index (Phi) is 19.4. The lowest BCUT2D eigenvalue weighted by atomic mass is 9.90. The Hall–Kier alpha value is -3.59. The van der Waals surface area contributed by atoms with E-state index in [9.17, 15) is 29.1 Å². The zero-order valence-electron chi connectivity index (χ0n) is 36.4. The van der Waals surface area contributed by atoms with Crippen LogP contribution in [0.1, 0.15) is 92.7 Å². The topological polar surface area (TPSA) is 161 Å². The van der Waals surface area contributed by atoms with Crippen molar-refractivity contribution in [1.29, 1.82) is 0 Å². The normalized spacial score (nSPS) is 19.4. The number of nitrogens with zero attached hydrogens (tertiary/aromatic N) is 4. The van der Waals surface area contributed by atoms with Gasteiger partial charge in [-0.05, 0) is 57.2 Å². The van der Waals surface area contributed by atoms with E-state index >= 15 is 0 Å². The summed E-state index contributed by atoms with van der Waals surface area (Å²) in [5.74, 6) is -2.35. The van der Waals surface area contributed by atoms with E-state index in [0.29, 0.717) is 24.9 Å². The lowest BCUT2D eigenvalue weighted by Gasteiger charge is -2.40. The number of aliphatic hydroxyl groups excluding tert-OH is 1. The Morgan fingerprint density at radius 3 is 1.98 bits per heavy atom. The number of likely N-dealkylation sites (N-methyl/N-ethyl adjacent to an activating group) is 3. The maximum Gasteiger partial charge on any atom is 0.326 e. The molecule has 14 nitrogen and oxygen atoms in total. The monoisotopic (exact) mass is 789 g/mol. The fourth-order valence-corrected chi connectivity index (χ4v) is 8.09. The number of carbonyl (C=O) groups is 5. The highest BCUT2D eigenvalue weighted by Crippen LogP contribution is 2.30. The zero-order valence-corrected chi connectivity index (χ0v) is 36.4. The number of nitrogens with one attached hydrogen (secondary N) is 2. The number of carbonyl (C=O) groups excluding carboxylic acids is 5. The van der Waals surface area contributed by atoms with Gasteiger partial charge in [-0.25, -0.2) is 4.79 Å². The minimum atomic E-state index is -0.935. The standard InChI is InChI=1S/C42H72N6O8/c1-15-27(6)36(46(11)42(54)47(12)41(53)34(25(2)3)44-40(52)35(26(4)5)45(9)10)32(55-13)24-33(49)48-23-19-22-31(48)38(56-14)28(7)39(51)43-29(8)37(50)30-20-17-16-18-21-30/h16-18,20-21,25-29,31-32,34-38,50H,15,19,22-24H2,1-14H3,(H,43,51)(H,44,52)/t27-,28+,29+,31-,32+,34-,35-,36-,37+,38+/m0/s1. The molecule has 318 valence electrons. The predicted molar refractivity (Wildman–Crippen MR) is 217 cm³/mol. The number of amides is 6. The number of likely N-dealkylation sites (tertiary alicyclic amines) is 1. The third-order valence-corrected chi connectivity index (χ3v) is 11.5. The van der Waals surface area contributed by atoms with Crippen molar-refractivity contribution < 1.29 is 38.6 Å². The molecule has 3 N–H and O–H groups in total. The summed E-state index contributed by atoms with van der Waals surface area (Å²) in [6.07, 6.45) is -0.227. The first-order chi connectivity index (χ1) is 26.2. The number of hydrogen-bond acceptors (Lipinski definition) is 9. The quantitative estimate of drug-likeness (QED) is 0.178. The molecule has 0 bridgehead atoms. The van der Waals surface area contributed by atoms with Crippen molar-refractivity contribution in [2.24, 2.45) is 23.7 Å². The largest absolute Gasteiger partial charge is 0.386 e. The van der Waals surface area contributed by atoms with Crippen LogP contribution in [-0.4, -0.2) is 146 Å². The van der Waals surface area contributed by atoms with Crippen LogP contribution in [0.5, 0.6) is 0 Å². The zero-order chi connectivity index (χ0) is 42.6. The van der Waals surface area contributed by atoms with Crippen molar-refractivity contribution >= 4 is 29.7 Å². The fourth-order valence-electron chi connectivity index (χ4n) is 8.09. The van der Waals surface area contributed by atoms with Crippen LogP contribution in [-0.2, 0) is 28.7 Å². The van der Waals surface area contributed by atoms with Crippen LogP contribution in [0.25, 0.3) is 0 Å². The van der Waals surface area contributed by atoms with Gasteiger partial charge in [0.15, 0.2) is 0 Å². The molecule has 1 aromatic carbocycles. The smallest absolute Gasteiger partial charge is 0.326 e. The van der Waals surface area contributed by atoms with Gasteiger partial charge in [-0.15, -0.1) is 0 Å². The molecule has 14 heteroatoms. The third kappa shape index (κ3) is 12.2. The number of methoxy groups -OCH3 is 2. The van der Waals surface area contributed by atoms with Gasteiger partial charge in [0.2, 0.25) is 17.7 Å². The Morgan fingerprint density at radius 2 is 1.48 bits per heavy atom. The van der Waals surface area contributed by atoms with E-state index in [0.717, 1.165) is 11.3 Å². The molecule has 6 amide bonds. The van der Waals surface area contributed by atoms with Gasteiger partial charge in [-0.2, -0.15) is 0 Å². The SMILES string of the molecule is CC[C@H](C)[C@@H]([C@@H](CC(=O)N1CCC[C@H]1[C@H](OC)[C@@H](C)C(=O)N[C@H](C)[C@@H](O)c1ccccc1)OC)N(C)C(=O)N(C)C(=O)[C@@H](NC(=O)[C@H](C(C)C)N(C)C)C(C)C. The lowest BCUT2D eigenvalue weighted by Crippen LogP contribution is -2.59. The predicted octanol–water partition coefficient (Wildman–Crippen LogP) is 3.92. The maximum absolute atomic E-state index is 14.2. The molecule has 0 aliphatic carbocycles. The molecule has 0 spiro atoms. The second-order valence-electron chi connectivity index (χ2n) is 16.5. The van der Waals surface area contributed by atoms with Gasteiger partial charge in [0, 0.05) is 34.9 Å². The highest BCUT2D eigenvalue weighted by molar-refractivity contribution is 5.99. The third-order valence-electron chi connectivity index (χ3n) is 11.5. The van der Waals surface area contributed by atoms with E-state index in [-0.39, 0.29) is 47.9 Å². The maximum atomic E-state index is 14.2. The van der Waals surface area contributed by atoms with Crippen molar-refractivity contribution in [3.05, 3.63) is 35.9 Å². The number of rotatable bonds is 20. The van der Waals surface area contributed by atoms with E-state index in [1.54, 1.807) is 37.9 Å². The summed E-state index contributed by atoms with van der Waals surface area (Å²) in [5.41, 5.74) is 0.696. The average molecular weight is 789 g/mol. The summed E-state index contributed by atoms with van der Waals surface area (Å²) in [4.78, 5) is 75.0. The molecule has 1 heterocycles. The van der Waals surface area contributed by atoms with Crippen LogP contribution in [0.15, 0.2) is 30.3 Å². The summed E-state index contributed by atoms with van der Waals surface area (Å²) in [5, 5.41) is 16.7. The van der Waals surface area contributed by atoms with Gasteiger partial charge in [0.05, 0.1) is 54.8 Å². The minimum absolute atomic E-state index is 0.00325. The second kappa shape index (κ2) is 22.4. The number of ether oxygens (including phenoxy) is 2. The van der Waals surface area contributed by atoms with E-state index < -0.39 is 60.3 Å². The van der Waals surface area contributed by atoms with Crippen molar-refractivity contribution in [2.45, 2.75) is 130 Å². The molecule has 1 saturated heterocycles. The Morgan fingerprint density at radius 1 is 0.875 bits per heavy atom. The van der Waals surface area contributed by atoms with Crippen LogP contribution in [0, 0.1) is 23.7 Å². The summed E-state index contributed by atoms with van der Waals surface area (Å²) < 4.78 is 11.9. The summed E-state index contributed by atoms with van der Waals surface area (Å²) in [6, 6.07) is 5.65. The molecule has 56 heavy (non-hydrogen) atoms. The molecule has 1 fully saturated rings. The number of aliphatic hydroxyl groups is 1. The van der Waals surface area contributed by atoms with Gasteiger partial charge < -0.3 is 35.0 Å². The van der Waals surface area contributed by atoms with Crippen LogP contribution in [0.2, 0.25) is 0 Å². The van der Waals surface area contributed by atoms with Gasteiger partial charge in [0.1, 0.15) is 6.04 Å². The van der Waals surface area contributed by atoms with Crippen LogP contribution < -0.4 is 10.6 Å². The number of benzene rings is 1. The molecule has 10 atom stereocenters. The number of imide groups is 1. The first-order valence-electron chi connectivity index (χ1n) is 20.1. The summed E-state index contributed by atoms with van der Waals surface area (Å²) >= 11 is 0. The van der Waals surface area contributed by atoms with E-state index in [1.807, 2.05) is 78.7 Å². The molecule has 0 radical (unpaired) electrons. The highest BCUT2D eigenvalue weighted by Gasteiger charge is 2.43. The molecule has 1 aromatic rings. The molecule has 0 unspecified atom stereocenters. The average Bonchev–Trinajstić information content (AvgIpc) is 3.65. The molecular formula is C42H72N6O8. The molecular weight excluding hydrogens is 716 g/mol. The molecule has 2 rings (SSSR count). The van der Waals surface area contributed by atoms with E-state index in [1.165, 1.54) is 26.2 Å². The van der Waals surface area contributed by atoms with Crippen LogP contribution in [0.3, 0.4) is 0 Å². The lowest BCUT2D eigenvalue weighted by molar-refractivity contribution is -0.143.